The first-order chi connectivity index (χ1) is 3.48. The summed E-state index contributed by atoms with van der Waals surface area (Å²) >= 11 is 0. The molecule has 0 amide bonds. The van der Waals surface area contributed by atoms with Crippen molar-refractivity contribution in [2.75, 3.05) is 0 Å². The first kappa shape index (κ1) is 12.5. The fourth-order valence-electron chi connectivity index (χ4n) is 0.211. The van der Waals surface area contributed by atoms with E-state index in [-0.39, 0.29) is 36.0 Å². The third-order valence-electron chi connectivity index (χ3n) is 0.693. The molecule has 0 aromatic rings. The van der Waals surface area contributed by atoms with Crippen LogP contribution in [0.15, 0.2) is 0 Å². The third kappa shape index (κ3) is 5.32. The molecule has 0 rings (SSSR count). The second-order valence-corrected chi connectivity index (χ2v) is 2.95. The topological polar surface area (TPSA) is 74.6 Å². The zero-order valence-corrected chi connectivity index (χ0v) is 8.22. The Morgan fingerprint density at radius 2 is 1.89 bits per heavy atom. The Morgan fingerprint density at radius 1 is 1.56 bits per heavy atom. The van der Waals surface area contributed by atoms with Gasteiger partial charge in [-0.1, -0.05) is 6.92 Å². The number of hydrogen-bond acceptors (Lipinski definition) is 3. The van der Waals surface area contributed by atoms with Crippen molar-refractivity contribution < 1.29 is 18.1 Å². The van der Waals surface area contributed by atoms with Gasteiger partial charge in [-0.3, -0.25) is 4.55 Å². The SMILES string of the molecule is CCC(O)S(=O)(=O)O.[Na]. The molecule has 2 N–H and O–H groups in total. The number of hydrogen-bond donors (Lipinski definition) is 2. The van der Waals surface area contributed by atoms with E-state index in [0.29, 0.717) is 0 Å². The monoisotopic (exact) mass is 163 g/mol. The van der Waals surface area contributed by atoms with Gasteiger partial charge in [-0.15, -0.1) is 0 Å². The van der Waals surface area contributed by atoms with E-state index in [4.69, 9.17) is 9.66 Å². The standard InChI is InChI=1S/C3H8O4S.Na/c1-2-3(4)8(5,6)7;/h3-4H,2H2,1H3,(H,5,6,7);. The molecular formula is C3H8NaO4S. The van der Waals surface area contributed by atoms with E-state index in [9.17, 15) is 8.42 Å². The van der Waals surface area contributed by atoms with Crippen molar-refractivity contribution in [1.29, 1.82) is 0 Å². The molecule has 0 saturated carbocycles. The maximum absolute atomic E-state index is 9.87. The van der Waals surface area contributed by atoms with E-state index in [2.05, 4.69) is 0 Å². The van der Waals surface area contributed by atoms with Gasteiger partial charge in [-0.25, -0.2) is 0 Å². The number of rotatable bonds is 2. The molecule has 0 saturated heterocycles. The van der Waals surface area contributed by atoms with E-state index >= 15 is 0 Å². The quantitative estimate of drug-likeness (QED) is 0.413. The zero-order chi connectivity index (χ0) is 6.78. The molecule has 0 aliphatic heterocycles. The normalized spacial score (nSPS) is 14.1. The molecule has 9 heavy (non-hydrogen) atoms. The zero-order valence-electron chi connectivity index (χ0n) is 5.40. The molecule has 1 radical (unpaired) electrons. The van der Waals surface area contributed by atoms with Gasteiger partial charge in [0.1, 0.15) is 0 Å². The van der Waals surface area contributed by atoms with Crippen LogP contribution in [0.3, 0.4) is 0 Å². The summed E-state index contributed by atoms with van der Waals surface area (Å²) in [4.78, 5) is 0. The molecule has 0 aromatic heterocycles. The average Bonchev–Trinajstić information content (AvgIpc) is 1.62. The predicted molar refractivity (Wildman–Crippen MR) is 33.6 cm³/mol. The second-order valence-electron chi connectivity index (χ2n) is 1.38. The fourth-order valence-corrected chi connectivity index (χ4v) is 0.632. The molecule has 0 spiro atoms. The molecule has 0 aliphatic rings. The van der Waals surface area contributed by atoms with Crippen LogP contribution < -0.4 is 0 Å². The van der Waals surface area contributed by atoms with Crippen LogP contribution in [0.25, 0.3) is 0 Å². The summed E-state index contributed by atoms with van der Waals surface area (Å²) in [6.07, 6.45) is 0.0127. The predicted octanol–water partition coefficient (Wildman–Crippen LogP) is -0.778. The van der Waals surface area contributed by atoms with Gasteiger partial charge >= 0.3 is 0 Å². The summed E-state index contributed by atoms with van der Waals surface area (Å²) in [5.74, 6) is 0. The van der Waals surface area contributed by atoms with E-state index in [0.717, 1.165) is 0 Å². The van der Waals surface area contributed by atoms with Crippen LogP contribution in [-0.4, -0.2) is 53.1 Å². The molecule has 1 atom stereocenters. The van der Waals surface area contributed by atoms with E-state index in [1.54, 1.807) is 0 Å². The van der Waals surface area contributed by atoms with Gasteiger partial charge in [0.2, 0.25) is 0 Å². The number of aliphatic hydroxyl groups is 1. The second kappa shape index (κ2) is 4.65. The largest absolute Gasteiger partial charge is 0.375 e. The summed E-state index contributed by atoms with van der Waals surface area (Å²) in [7, 11) is -4.20. The van der Waals surface area contributed by atoms with Crippen LogP contribution in [0, 0.1) is 0 Å². The van der Waals surface area contributed by atoms with Gasteiger partial charge in [0, 0.05) is 29.6 Å². The van der Waals surface area contributed by atoms with Crippen molar-refractivity contribution in [2.24, 2.45) is 0 Å². The first-order valence-corrected chi connectivity index (χ1v) is 3.63. The summed E-state index contributed by atoms with van der Waals surface area (Å²) < 4.78 is 27.7. The van der Waals surface area contributed by atoms with Gasteiger partial charge < -0.3 is 5.11 Å². The molecule has 6 heteroatoms. The maximum atomic E-state index is 9.87. The van der Waals surface area contributed by atoms with Crippen LogP contribution in [0.5, 0.6) is 0 Å². The Balaban J connectivity index is 0. The molecular weight excluding hydrogens is 155 g/mol. The van der Waals surface area contributed by atoms with Crippen molar-refractivity contribution in [3.8, 4) is 0 Å². The Hall–Kier alpha value is 0.870. The van der Waals surface area contributed by atoms with Gasteiger partial charge in [-0.05, 0) is 6.42 Å². The van der Waals surface area contributed by atoms with Crippen molar-refractivity contribution in [1.82, 2.24) is 0 Å². The van der Waals surface area contributed by atoms with Crippen LogP contribution in [0.4, 0.5) is 0 Å². The molecule has 0 heterocycles. The van der Waals surface area contributed by atoms with Gasteiger partial charge in [-0.2, -0.15) is 8.42 Å². The van der Waals surface area contributed by atoms with E-state index in [1.165, 1.54) is 6.92 Å². The van der Waals surface area contributed by atoms with Gasteiger partial charge in [0.05, 0.1) is 0 Å². The molecule has 0 bridgehead atoms. The van der Waals surface area contributed by atoms with Crippen LogP contribution >= 0.6 is 0 Å². The minimum Gasteiger partial charge on any atom is -0.375 e. The van der Waals surface area contributed by atoms with Crippen molar-refractivity contribution in [3.05, 3.63) is 0 Å². The first-order valence-electron chi connectivity index (χ1n) is 2.13. The van der Waals surface area contributed by atoms with Crippen molar-refractivity contribution in [2.45, 2.75) is 18.8 Å². The van der Waals surface area contributed by atoms with E-state index in [1.807, 2.05) is 0 Å². The minimum atomic E-state index is -4.20. The molecule has 0 aromatic carbocycles. The minimum absolute atomic E-state index is 0. The molecule has 0 fully saturated rings. The summed E-state index contributed by atoms with van der Waals surface area (Å²) in [5.41, 5.74) is -1.62. The third-order valence-corrected chi connectivity index (χ3v) is 1.71. The van der Waals surface area contributed by atoms with Crippen LogP contribution in [-0.2, 0) is 10.1 Å². The Bertz CT molecular complexity index is 151. The maximum Gasteiger partial charge on any atom is 0.291 e. The van der Waals surface area contributed by atoms with Crippen LogP contribution in [0.2, 0.25) is 0 Å². The summed E-state index contributed by atoms with van der Waals surface area (Å²) in [6, 6.07) is 0. The van der Waals surface area contributed by atoms with Gasteiger partial charge in [0.25, 0.3) is 10.1 Å². The number of aliphatic hydroxyl groups excluding tert-OH is 1. The molecule has 51 valence electrons. The Labute approximate surface area is 76.3 Å². The molecule has 0 aliphatic carbocycles. The van der Waals surface area contributed by atoms with Crippen LogP contribution in [0.1, 0.15) is 13.3 Å². The Kier molecular flexibility index (Phi) is 6.48. The summed E-state index contributed by atoms with van der Waals surface area (Å²) in [5, 5.41) is 8.36. The van der Waals surface area contributed by atoms with E-state index < -0.39 is 15.6 Å². The summed E-state index contributed by atoms with van der Waals surface area (Å²) in [6.45, 7) is 1.46. The molecule has 4 nitrogen and oxygen atoms in total. The fraction of sp³-hybridized carbons (Fsp3) is 1.00. The molecule has 1 unspecified atom stereocenters. The van der Waals surface area contributed by atoms with Crippen molar-refractivity contribution in [3.63, 3.8) is 0 Å². The smallest absolute Gasteiger partial charge is 0.291 e. The average molecular weight is 163 g/mol. The van der Waals surface area contributed by atoms with Crippen molar-refractivity contribution >= 4 is 39.7 Å². The van der Waals surface area contributed by atoms with Gasteiger partial charge in [0.15, 0.2) is 5.44 Å². The Morgan fingerprint density at radius 3 is 1.89 bits per heavy atom.